The average Bonchev–Trinajstić information content (AvgIpc) is 3.08. The van der Waals surface area contributed by atoms with Crippen LogP contribution in [0, 0.1) is 23.7 Å². The van der Waals surface area contributed by atoms with Gasteiger partial charge in [0.25, 0.3) is 0 Å². The van der Waals surface area contributed by atoms with Gasteiger partial charge in [0.1, 0.15) is 0 Å². The molecule has 1 amide bonds. The molecule has 3 atom stereocenters. The Morgan fingerprint density at radius 1 is 1.14 bits per heavy atom. The Balaban J connectivity index is 0.00000161. The van der Waals surface area contributed by atoms with Crippen molar-refractivity contribution in [2.75, 3.05) is 26.2 Å². The predicted molar refractivity (Wildman–Crippen MR) is 88.7 cm³/mol. The van der Waals surface area contributed by atoms with Crippen LogP contribution in [-0.4, -0.2) is 37.0 Å². The molecule has 0 radical (unpaired) electrons. The van der Waals surface area contributed by atoms with Gasteiger partial charge in [-0.2, -0.15) is 0 Å². The lowest BCUT2D eigenvalue weighted by molar-refractivity contribution is -0.134. The number of nitrogens with zero attached hydrogens (tertiary/aromatic N) is 1. The first-order valence-corrected chi connectivity index (χ1v) is 8.74. The maximum Gasteiger partial charge on any atom is 0.222 e. The lowest BCUT2D eigenvalue weighted by Crippen LogP contribution is -2.41. The molecular formula is C17H31ClN2O. The molecule has 3 unspecified atom stereocenters. The number of hydrogen-bond donors (Lipinski definition) is 1. The summed E-state index contributed by atoms with van der Waals surface area (Å²) in [6.07, 6.45) is 8.82. The van der Waals surface area contributed by atoms with Gasteiger partial charge in [-0.1, -0.05) is 13.3 Å². The monoisotopic (exact) mass is 314 g/mol. The first kappa shape index (κ1) is 17.1. The van der Waals surface area contributed by atoms with E-state index in [0.29, 0.717) is 5.91 Å². The SMILES string of the molecule is CCNCC1CCN(C(=O)CC2CC3CCC2C3)CC1.Cl. The summed E-state index contributed by atoms with van der Waals surface area (Å²) < 4.78 is 0. The Morgan fingerprint density at radius 3 is 2.48 bits per heavy atom. The number of rotatable bonds is 5. The standard InChI is InChI=1S/C17H30N2O.ClH/c1-2-18-12-13-5-7-19(8-6-13)17(20)11-16-10-14-3-4-15(16)9-14;/h13-16,18H,2-12H2,1H3;1H. The smallest absolute Gasteiger partial charge is 0.222 e. The molecule has 1 saturated heterocycles. The predicted octanol–water partition coefficient (Wildman–Crippen LogP) is 3.08. The molecule has 2 saturated carbocycles. The molecule has 21 heavy (non-hydrogen) atoms. The Kier molecular flexibility index (Phi) is 6.36. The summed E-state index contributed by atoms with van der Waals surface area (Å²) in [4.78, 5) is 14.6. The second kappa shape index (κ2) is 7.82. The minimum Gasteiger partial charge on any atom is -0.343 e. The van der Waals surface area contributed by atoms with Crippen molar-refractivity contribution in [3.05, 3.63) is 0 Å². The molecular weight excluding hydrogens is 284 g/mol. The van der Waals surface area contributed by atoms with E-state index in [1.54, 1.807) is 0 Å². The van der Waals surface area contributed by atoms with E-state index < -0.39 is 0 Å². The van der Waals surface area contributed by atoms with Crippen molar-refractivity contribution >= 4 is 18.3 Å². The van der Waals surface area contributed by atoms with Crippen molar-refractivity contribution < 1.29 is 4.79 Å². The molecule has 1 N–H and O–H groups in total. The third kappa shape index (κ3) is 4.13. The van der Waals surface area contributed by atoms with Gasteiger partial charge in [0, 0.05) is 19.5 Å². The van der Waals surface area contributed by atoms with E-state index >= 15 is 0 Å². The van der Waals surface area contributed by atoms with E-state index in [4.69, 9.17) is 0 Å². The molecule has 3 rings (SSSR count). The van der Waals surface area contributed by atoms with Crippen LogP contribution in [0.25, 0.3) is 0 Å². The molecule has 0 aromatic carbocycles. The molecule has 3 aliphatic rings. The number of nitrogens with one attached hydrogen (secondary N) is 1. The van der Waals surface area contributed by atoms with E-state index in [9.17, 15) is 4.79 Å². The molecule has 1 aliphatic heterocycles. The van der Waals surface area contributed by atoms with E-state index in [0.717, 1.165) is 56.3 Å². The van der Waals surface area contributed by atoms with Crippen LogP contribution >= 0.6 is 12.4 Å². The first-order valence-electron chi connectivity index (χ1n) is 8.74. The third-order valence-electron chi connectivity index (χ3n) is 5.97. The average molecular weight is 315 g/mol. The van der Waals surface area contributed by atoms with Crippen molar-refractivity contribution in [3.8, 4) is 0 Å². The largest absolute Gasteiger partial charge is 0.343 e. The number of amides is 1. The van der Waals surface area contributed by atoms with Gasteiger partial charge in [-0.05, 0) is 68.9 Å². The van der Waals surface area contributed by atoms with E-state index in [2.05, 4.69) is 17.1 Å². The van der Waals surface area contributed by atoms with Gasteiger partial charge >= 0.3 is 0 Å². The minimum absolute atomic E-state index is 0. The topological polar surface area (TPSA) is 32.3 Å². The van der Waals surface area contributed by atoms with Crippen LogP contribution in [-0.2, 0) is 4.79 Å². The highest BCUT2D eigenvalue weighted by molar-refractivity contribution is 5.85. The number of halogens is 1. The van der Waals surface area contributed by atoms with Gasteiger partial charge in [0.05, 0.1) is 0 Å². The van der Waals surface area contributed by atoms with Gasteiger partial charge < -0.3 is 10.2 Å². The number of piperidine rings is 1. The normalized spacial score (nSPS) is 32.2. The number of likely N-dealkylation sites (tertiary alicyclic amines) is 1. The number of hydrogen-bond acceptors (Lipinski definition) is 2. The fourth-order valence-electron chi connectivity index (χ4n) is 4.71. The summed E-state index contributed by atoms with van der Waals surface area (Å²) in [5, 5.41) is 3.44. The second-order valence-corrected chi connectivity index (χ2v) is 7.27. The lowest BCUT2D eigenvalue weighted by Gasteiger charge is -2.33. The second-order valence-electron chi connectivity index (χ2n) is 7.27. The summed E-state index contributed by atoms with van der Waals surface area (Å²) >= 11 is 0. The van der Waals surface area contributed by atoms with E-state index in [-0.39, 0.29) is 12.4 Å². The van der Waals surface area contributed by atoms with Gasteiger partial charge in [-0.15, -0.1) is 12.4 Å². The van der Waals surface area contributed by atoms with Gasteiger partial charge in [-0.25, -0.2) is 0 Å². The molecule has 3 nitrogen and oxygen atoms in total. The molecule has 122 valence electrons. The first-order chi connectivity index (χ1) is 9.76. The van der Waals surface area contributed by atoms with Gasteiger partial charge in [0.2, 0.25) is 5.91 Å². The van der Waals surface area contributed by atoms with Crippen LogP contribution in [0.1, 0.15) is 51.9 Å². The molecule has 2 aliphatic carbocycles. The van der Waals surface area contributed by atoms with Crippen LogP contribution in [0.3, 0.4) is 0 Å². The van der Waals surface area contributed by atoms with Gasteiger partial charge in [0.15, 0.2) is 0 Å². The van der Waals surface area contributed by atoms with Crippen molar-refractivity contribution in [2.45, 2.75) is 51.9 Å². The maximum atomic E-state index is 12.5. The van der Waals surface area contributed by atoms with Crippen molar-refractivity contribution in [2.24, 2.45) is 23.7 Å². The van der Waals surface area contributed by atoms with Crippen molar-refractivity contribution in [3.63, 3.8) is 0 Å². The molecule has 0 aromatic heterocycles. The Hall–Kier alpha value is -0.280. The summed E-state index contributed by atoms with van der Waals surface area (Å²) in [5.74, 6) is 3.80. The van der Waals surface area contributed by atoms with E-state index in [1.165, 1.54) is 38.5 Å². The zero-order chi connectivity index (χ0) is 13.9. The van der Waals surface area contributed by atoms with Crippen LogP contribution < -0.4 is 5.32 Å². The Bertz CT molecular complexity index is 342. The summed E-state index contributed by atoms with van der Waals surface area (Å²) in [6, 6.07) is 0. The quantitative estimate of drug-likeness (QED) is 0.846. The fraction of sp³-hybridized carbons (Fsp3) is 0.941. The molecule has 2 bridgehead atoms. The van der Waals surface area contributed by atoms with Crippen molar-refractivity contribution in [1.82, 2.24) is 10.2 Å². The molecule has 1 heterocycles. The highest BCUT2D eigenvalue weighted by Crippen LogP contribution is 2.49. The number of carbonyl (C=O) groups excluding carboxylic acids is 1. The fourth-order valence-corrected chi connectivity index (χ4v) is 4.71. The maximum absolute atomic E-state index is 12.5. The van der Waals surface area contributed by atoms with Crippen molar-refractivity contribution in [1.29, 1.82) is 0 Å². The zero-order valence-corrected chi connectivity index (χ0v) is 14.2. The third-order valence-corrected chi connectivity index (χ3v) is 5.97. The van der Waals surface area contributed by atoms with E-state index in [1.807, 2.05) is 0 Å². The summed E-state index contributed by atoms with van der Waals surface area (Å²) in [6.45, 7) is 6.34. The van der Waals surface area contributed by atoms with Crippen LogP contribution in [0.15, 0.2) is 0 Å². The zero-order valence-electron chi connectivity index (χ0n) is 13.4. The molecule has 3 fully saturated rings. The number of carbonyl (C=O) groups is 1. The Labute approximate surface area is 135 Å². The van der Waals surface area contributed by atoms with Crippen LogP contribution in [0.2, 0.25) is 0 Å². The summed E-state index contributed by atoms with van der Waals surface area (Å²) in [7, 11) is 0. The van der Waals surface area contributed by atoms with Crippen LogP contribution in [0.5, 0.6) is 0 Å². The number of fused-ring (bicyclic) bond motifs is 2. The molecule has 0 aromatic rings. The highest BCUT2D eigenvalue weighted by atomic mass is 35.5. The lowest BCUT2D eigenvalue weighted by atomic mass is 9.86. The highest BCUT2D eigenvalue weighted by Gasteiger charge is 2.40. The molecule has 0 spiro atoms. The molecule has 4 heteroatoms. The Morgan fingerprint density at radius 2 is 1.90 bits per heavy atom. The summed E-state index contributed by atoms with van der Waals surface area (Å²) in [5.41, 5.74) is 0. The van der Waals surface area contributed by atoms with Gasteiger partial charge in [-0.3, -0.25) is 4.79 Å². The van der Waals surface area contributed by atoms with Crippen LogP contribution in [0.4, 0.5) is 0 Å². The minimum atomic E-state index is 0.